The summed E-state index contributed by atoms with van der Waals surface area (Å²) in [5.41, 5.74) is 0. The summed E-state index contributed by atoms with van der Waals surface area (Å²) in [6, 6.07) is 0. The van der Waals surface area contributed by atoms with Gasteiger partial charge in [0.05, 0.1) is 6.61 Å². The first-order valence-corrected chi connectivity index (χ1v) is 13.3. The SMILES string of the molecule is CCCOC(=O)CCCCCCCCCCCCCCCCC1OC12OC21OC23OC21O3. The number of hydrogen-bond donors (Lipinski definition) is 0. The Morgan fingerprint density at radius 3 is 1.75 bits per heavy atom. The minimum Gasteiger partial charge on any atom is -0.466 e. The molecule has 5 rings (SSSR count). The van der Waals surface area contributed by atoms with E-state index in [-0.39, 0.29) is 12.1 Å². The molecular formula is C25H40O7. The second-order valence-electron chi connectivity index (χ2n) is 10.2. The number of rotatable bonds is 19. The summed E-state index contributed by atoms with van der Waals surface area (Å²) < 4.78 is 33.0. The predicted octanol–water partition coefficient (Wildman–Crippen LogP) is 5.44. The van der Waals surface area contributed by atoms with E-state index in [4.69, 9.17) is 28.4 Å². The molecule has 3 atom stereocenters. The zero-order valence-corrected chi connectivity index (χ0v) is 19.7. The van der Waals surface area contributed by atoms with Crippen LogP contribution < -0.4 is 0 Å². The average Bonchev–Trinajstić information content (AvgIpc) is 3.69. The minimum absolute atomic E-state index is 0.0278. The highest BCUT2D eigenvalue weighted by Gasteiger charge is 3.23. The molecule has 7 heteroatoms. The first-order valence-electron chi connectivity index (χ1n) is 13.3. The topological polar surface area (TPSA) is 85.7 Å². The van der Waals surface area contributed by atoms with E-state index in [1.807, 2.05) is 6.92 Å². The van der Waals surface area contributed by atoms with Crippen molar-refractivity contribution in [3.63, 3.8) is 0 Å². The standard InChI is InChI=1S/C25H40O7/c1-2-19-27-21(26)18-16-14-12-10-8-6-4-3-5-7-9-11-13-15-17-20-22(28-20)23(29-22)24-25(30-23,31-24)32-24/h20H,2-19H2,1H3. The molecule has 0 aromatic heterocycles. The van der Waals surface area contributed by atoms with Crippen LogP contribution in [0.15, 0.2) is 0 Å². The summed E-state index contributed by atoms with van der Waals surface area (Å²) in [4.78, 5) is 11.4. The zero-order valence-electron chi connectivity index (χ0n) is 19.7. The van der Waals surface area contributed by atoms with Crippen molar-refractivity contribution in [1.29, 1.82) is 0 Å². The van der Waals surface area contributed by atoms with Crippen LogP contribution >= 0.6 is 0 Å². The van der Waals surface area contributed by atoms with Gasteiger partial charge in [0, 0.05) is 6.42 Å². The Hall–Kier alpha value is -0.730. The van der Waals surface area contributed by atoms with Crippen molar-refractivity contribution in [2.24, 2.45) is 0 Å². The Kier molecular flexibility index (Phi) is 6.58. The Balaban J connectivity index is 0.742. The van der Waals surface area contributed by atoms with Gasteiger partial charge in [-0.05, 0) is 19.3 Å². The lowest BCUT2D eigenvalue weighted by Gasteiger charge is -2.08. The van der Waals surface area contributed by atoms with Crippen LogP contribution in [0.4, 0.5) is 0 Å². The molecule has 3 unspecified atom stereocenters. The summed E-state index contributed by atoms with van der Waals surface area (Å²) in [5, 5.41) is 0. The number of esters is 1. The fraction of sp³-hybridized carbons (Fsp3) is 0.960. The van der Waals surface area contributed by atoms with E-state index in [2.05, 4.69) is 0 Å². The quantitative estimate of drug-likeness (QED) is 0.146. The van der Waals surface area contributed by atoms with Crippen molar-refractivity contribution in [2.45, 2.75) is 146 Å². The minimum atomic E-state index is -0.723. The summed E-state index contributed by atoms with van der Waals surface area (Å²) in [7, 11) is 0. The van der Waals surface area contributed by atoms with E-state index in [9.17, 15) is 4.79 Å². The molecule has 0 aromatic rings. The lowest BCUT2D eigenvalue weighted by molar-refractivity contribution is -0.166. The van der Waals surface area contributed by atoms with Gasteiger partial charge in [-0.1, -0.05) is 90.4 Å². The Morgan fingerprint density at radius 2 is 1.25 bits per heavy atom. The van der Waals surface area contributed by atoms with Gasteiger partial charge in [-0.3, -0.25) is 23.7 Å². The molecule has 0 aliphatic carbocycles. The number of carbonyl (C=O) groups excluding carboxylic acids is 1. The van der Waals surface area contributed by atoms with E-state index in [1.54, 1.807) is 0 Å². The molecule has 0 radical (unpaired) electrons. The third kappa shape index (κ3) is 4.02. The summed E-state index contributed by atoms with van der Waals surface area (Å²) in [6.07, 6.45) is 20.6. The van der Waals surface area contributed by atoms with Crippen LogP contribution in [-0.2, 0) is 33.2 Å². The summed E-state index contributed by atoms with van der Waals surface area (Å²) >= 11 is 0. The van der Waals surface area contributed by atoms with Crippen molar-refractivity contribution in [3.8, 4) is 0 Å². The van der Waals surface area contributed by atoms with Gasteiger partial charge in [0.1, 0.15) is 6.10 Å². The highest BCUT2D eigenvalue weighted by molar-refractivity contribution is 5.69. The summed E-state index contributed by atoms with van der Waals surface area (Å²) in [5.74, 6) is -2.58. The molecule has 0 amide bonds. The van der Waals surface area contributed by atoms with Crippen molar-refractivity contribution in [2.75, 3.05) is 6.61 Å². The van der Waals surface area contributed by atoms with E-state index < -0.39 is 23.3 Å². The van der Waals surface area contributed by atoms with E-state index in [0.717, 1.165) is 25.7 Å². The summed E-state index contributed by atoms with van der Waals surface area (Å²) in [6.45, 7) is 2.59. The van der Waals surface area contributed by atoms with Gasteiger partial charge < -0.3 is 9.47 Å². The predicted molar refractivity (Wildman–Crippen MR) is 115 cm³/mol. The second-order valence-corrected chi connectivity index (χ2v) is 10.2. The smallest absolute Gasteiger partial charge is 0.355 e. The molecule has 32 heavy (non-hydrogen) atoms. The monoisotopic (exact) mass is 452 g/mol. The Bertz CT molecular complexity index is 675. The van der Waals surface area contributed by atoms with Crippen LogP contribution in [0.1, 0.15) is 116 Å². The van der Waals surface area contributed by atoms with Crippen molar-refractivity contribution in [1.82, 2.24) is 0 Å². The molecular weight excluding hydrogens is 412 g/mol. The average molecular weight is 453 g/mol. The highest BCUT2D eigenvalue weighted by Crippen LogP contribution is 2.93. The maximum Gasteiger partial charge on any atom is 0.355 e. The number of epoxide rings is 4. The number of hydrogen-bond acceptors (Lipinski definition) is 7. The fourth-order valence-electron chi connectivity index (χ4n) is 5.38. The lowest BCUT2D eigenvalue weighted by Crippen LogP contribution is -2.41. The largest absolute Gasteiger partial charge is 0.466 e. The molecule has 5 aliphatic heterocycles. The lowest BCUT2D eigenvalue weighted by atomic mass is 10.0. The van der Waals surface area contributed by atoms with Gasteiger partial charge in [-0.25, -0.2) is 0 Å². The third-order valence-electron chi connectivity index (χ3n) is 7.55. The van der Waals surface area contributed by atoms with Gasteiger partial charge >= 0.3 is 17.7 Å². The van der Waals surface area contributed by atoms with Gasteiger partial charge in [0.2, 0.25) is 0 Å². The molecule has 182 valence electrons. The van der Waals surface area contributed by atoms with E-state index >= 15 is 0 Å². The Morgan fingerprint density at radius 1 is 0.719 bits per heavy atom. The van der Waals surface area contributed by atoms with Crippen LogP contribution in [-0.4, -0.2) is 42.0 Å². The first kappa shape index (κ1) is 23.0. The molecule has 5 heterocycles. The van der Waals surface area contributed by atoms with Crippen molar-refractivity contribution < 1.29 is 33.2 Å². The molecule has 7 nitrogen and oxygen atoms in total. The van der Waals surface area contributed by atoms with Gasteiger partial charge in [-0.2, -0.15) is 0 Å². The van der Waals surface area contributed by atoms with Crippen LogP contribution in [0.2, 0.25) is 0 Å². The number of carbonyl (C=O) groups is 1. The normalized spacial score (nSPS) is 38.8. The van der Waals surface area contributed by atoms with Crippen molar-refractivity contribution >= 4 is 5.97 Å². The van der Waals surface area contributed by atoms with Crippen LogP contribution in [0.5, 0.6) is 0 Å². The zero-order chi connectivity index (χ0) is 22.1. The number of fused-ring (bicyclic) bond motifs is 1. The van der Waals surface area contributed by atoms with Crippen LogP contribution in [0, 0.1) is 0 Å². The Labute approximate surface area is 191 Å². The van der Waals surface area contributed by atoms with Gasteiger partial charge in [-0.15, -0.1) is 0 Å². The number of unbranched alkanes of at least 4 members (excludes halogenated alkanes) is 13. The van der Waals surface area contributed by atoms with Gasteiger partial charge in [0.25, 0.3) is 11.6 Å². The fourth-order valence-corrected chi connectivity index (χ4v) is 5.38. The van der Waals surface area contributed by atoms with Crippen molar-refractivity contribution in [3.05, 3.63) is 0 Å². The molecule has 5 fully saturated rings. The van der Waals surface area contributed by atoms with E-state index in [1.165, 1.54) is 77.0 Å². The molecule has 5 aliphatic rings. The third-order valence-corrected chi connectivity index (χ3v) is 7.55. The molecule has 0 aromatic carbocycles. The first-order chi connectivity index (χ1) is 15.6. The van der Waals surface area contributed by atoms with Gasteiger partial charge in [0.15, 0.2) is 0 Å². The van der Waals surface area contributed by atoms with Crippen LogP contribution in [0.3, 0.4) is 0 Å². The molecule has 0 N–H and O–H groups in total. The van der Waals surface area contributed by atoms with E-state index in [0.29, 0.717) is 13.0 Å². The molecule has 5 saturated heterocycles. The van der Waals surface area contributed by atoms with Crippen LogP contribution in [0.25, 0.3) is 0 Å². The second kappa shape index (κ2) is 9.14. The maximum absolute atomic E-state index is 11.4. The highest BCUT2D eigenvalue weighted by atomic mass is 17.3. The molecule has 2 spiro atoms. The number of ether oxygens (including phenoxy) is 6. The maximum atomic E-state index is 11.4. The molecule has 0 saturated carbocycles. The molecule has 0 bridgehead atoms.